The summed E-state index contributed by atoms with van der Waals surface area (Å²) in [4.78, 5) is 36.0. The standard InChI is InChI=1S/C22H25ClN2O6/c1-30-21(28)19(11-16-8-5-9-17(23)10-16)25-20(27)12-18(26)13-24-22(29)31-14-15-6-3-2-4-7-15/h2-10,18-19,26H,11-14H2,1H3,(H,24,29)(H,25,27)/t18-,19+/m1/s1. The molecule has 31 heavy (non-hydrogen) atoms. The van der Waals surface area contributed by atoms with E-state index in [4.69, 9.17) is 21.1 Å². The summed E-state index contributed by atoms with van der Waals surface area (Å²) in [6.07, 6.45) is -2.01. The molecule has 0 aliphatic rings. The number of carbonyl (C=O) groups excluding carboxylic acids is 3. The summed E-state index contributed by atoms with van der Waals surface area (Å²) in [5, 5.41) is 15.5. The van der Waals surface area contributed by atoms with Crippen molar-refractivity contribution in [3.05, 3.63) is 70.7 Å². The van der Waals surface area contributed by atoms with Crippen LogP contribution in [0.4, 0.5) is 4.79 Å². The first-order valence-corrected chi connectivity index (χ1v) is 9.99. The molecule has 0 radical (unpaired) electrons. The molecule has 0 spiro atoms. The van der Waals surface area contributed by atoms with Crippen LogP contribution in [-0.2, 0) is 32.1 Å². The summed E-state index contributed by atoms with van der Waals surface area (Å²) in [7, 11) is 1.22. The normalized spacial score (nSPS) is 12.4. The van der Waals surface area contributed by atoms with Gasteiger partial charge in [-0.05, 0) is 23.3 Å². The Morgan fingerprint density at radius 1 is 1.06 bits per heavy atom. The number of methoxy groups -OCH3 is 1. The molecule has 0 bridgehead atoms. The monoisotopic (exact) mass is 448 g/mol. The van der Waals surface area contributed by atoms with Gasteiger partial charge in [0, 0.05) is 18.0 Å². The van der Waals surface area contributed by atoms with Crippen LogP contribution in [0.1, 0.15) is 17.5 Å². The number of hydrogen-bond donors (Lipinski definition) is 3. The number of amides is 2. The van der Waals surface area contributed by atoms with Gasteiger partial charge in [0.1, 0.15) is 12.6 Å². The fourth-order valence-electron chi connectivity index (χ4n) is 2.75. The molecule has 166 valence electrons. The van der Waals surface area contributed by atoms with Gasteiger partial charge in [0.15, 0.2) is 0 Å². The number of nitrogens with one attached hydrogen (secondary N) is 2. The Bertz CT molecular complexity index is 877. The van der Waals surface area contributed by atoms with Crippen LogP contribution in [0.15, 0.2) is 54.6 Å². The number of aliphatic hydroxyl groups is 1. The summed E-state index contributed by atoms with van der Waals surface area (Å²) in [5.74, 6) is -1.19. The van der Waals surface area contributed by atoms with E-state index in [1.165, 1.54) is 7.11 Å². The third kappa shape index (κ3) is 9.06. The predicted octanol–water partition coefficient (Wildman–Crippen LogP) is 2.22. The second-order valence-electron chi connectivity index (χ2n) is 6.78. The molecule has 2 amide bonds. The van der Waals surface area contributed by atoms with E-state index in [1.807, 2.05) is 30.3 Å². The van der Waals surface area contributed by atoms with E-state index in [-0.39, 0.29) is 26.0 Å². The molecule has 2 atom stereocenters. The SMILES string of the molecule is COC(=O)[C@H](Cc1cccc(Cl)c1)NC(=O)C[C@@H](O)CNC(=O)OCc1ccccc1. The highest BCUT2D eigenvalue weighted by Crippen LogP contribution is 2.13. The molecule has 0 unspecified atom stereocenters. The lowest BCUT2D eigenvalue weighted by molar-refractivity contribution is -0.145. The molecule has 0 aliphatic heterocycles. The van der Waals surface area contributed by atoms with Gasteiger partial charge >= 0.3 is 12.1 Å². The third-order valence-electron chi connectivity index (χ3n) is 4.27. The maximum absolute atomic E-state index is 12.2. The Hall–Kier alpha value is -3.10. The molecule has 0 fully saturated rings. The van der Waals surface area contributed by atoms with Crippen LogP contribution in [0.25, 0.3) is 0 Å². The van der Waals surface area contributed by atoms with Crippen LogP contribution in [-0.4, -0.2) is 48.9 Å². The van der Waals surface area contributed by atoms with Gasteiger partial charge in [0.05, 0.1) is 19.6 Å². The van der Waals surface area contributed by atoms with E-state index in [2.05, 4.69) is 10.6 Å². The average molecular weight is 449 g/mol. The zero-order chi connectivity index (χ0) is 22.6. The summed E-state index contributed by atoms with van der Waals surface area (Å²) in [5.41, 5.74) is 1.57. The fraction of sp³-hybridized carbons (Fsp3) is 0.318. The van der Waals surface area contributed by atoms with Crippen molar-refractivity contribution in [1.29, 1.82) is 0 Å². The van der Waals surface area contributed by atoms with Crippen molar-refractivity contribution in [1.82, 2.24) is 10.6 Å². The van der Waals surface area contributed by atoms with Crippen molar-refractivity contribution in [2.24, 2.45) is 0 Å². The number of alkyl carbamates (subject to hydrolysis) is 1. The number of ether oxygens (including phenoxy) is 2. The highest BCUT2D eigenvalue weighted by atomic mass is 35.5. The molecular formula is C22H25ClN2O6. The van der Waals surface area contributed by atoms with Gasteiger partial charge in [-0.25, -0.2) is 9.59 Å². The Kier molecular flexibility index (Phi) is 9.80. The molecule has 0 saturated carbocycles. The Labute approximate surface area is 185 Å². The van der Waals surface area contributed by atoms with Crippen molar-refractivity contribution < 1.29 is 29.0 Å². The molecule has 8 nitrogen and oxygen atoms in total. The van der Waals surface area contributed by atoms with Crippen LogP contribution < -0.4 is 10.6 Å². The van der Waals surface area contributed by atoms with Crippen molar-refractivity contribution in [3.8, 4) is 0 Å². The molecule has 2 rings (SSSR count). The molecule has 2 aromatic carbocycles. The Morgan fingerprint density at radius 2 is 1.77 bits per heavy atom. The molecule has 2 aromatic rings. The number of rotatable bonds is 10. The lowest BCUT2D eigenvalue weighted by Crippen LogP contribution is -2.45. The molecule has 3 N–H and O–H groups in total. The molecule has 0 saturated heterocycles. The summed E-state index contributed by atoms with van der Waals surface area (Å²) < 4.78 is 9.78. The van der Waals surface area contributed by atoms with Crippen LogP contribution in [0.2, 0.25) is 5.02 Å². The van der Waals surface area contributed by atoms with Crippen LogP contribution in [0, 0.1) is 0 Å². The number of halogens is 1. The van der Waals surface area contributed by atoms with Crippen LogP contribution >= 0.6 is 11.6 Å². The fourth-order valence-corrected chi connectivity index (χ4v) is 2.96. The summed E-state index contributed by atoms with van der Waals surface area (Å²) >= 11 is 5.95. The zero-order valence-corrected chi connectivity index (χ0v) is 17.8. The predicted molar refractivity (Wildman–Crippen MR) is 114 cm³/mol. The maximum Gasteiger partial charge on any atom is 0.407 e. The zero-order valence-electron chi connectivity index (χ0n) is 17.0. The van der Waals surface area contributed by atoms with Crippen molar-refractivity contribution >= 4 is 29.6 Å². The van der Waals surface area contributed by atoms with E-state index in [1.54, 1.807) is 24.3 Å². The van der Waals surface area contributed by atoms with Crippen LogP contribution in [0.3, 0.4) is 0 Å². The van der Waals surface area contributed by atoms with E-state index < -0.39 is 30.1 Å². The first-order valence-electron chi connectivity index (χ1n) is 9.61. The van der Waals surface area contributed by atoms with Gasteiger partial charge in [0.25, 0.3) is 0 Å². The van der Waals surface area contributed by atoms with Gasteiger partial charge in [-0.2, -0.15) is 0 Å². The van der Waals surface area contributed by atoms with Gasteiger partial charge in [-0.1, -0.05) is 54.1 Å². The largest absolute Gasteiger partial charge is 0.467 e. The average Bonchev–Trinajstić information content (AvgIpc) is 2.76. The maximum atomic E-state index is 12.2. The van der Waals surface area contributed by atoms with Gasteiger partial charge in [-0.3, -0.25) is 4.79 Å². The molecule has 0 aromatic heterocycles. The molecule has 9 heteroatoms. The van der Waals surface area contributed by atoms with E-state index >= 15 is 0 Å². The van der Waals surface area contributed by atoms with Crippen molar-refractivity contribution in [2.45, 2.75) is 31.6 Å². The topological polar surface area (TPSA) is 114 Å². The second kappa shape index (κ2) is 12.6. The lowest BCUT2D eigenvalue weighted by atomic mass is 10.1. The highest BCUT2D eigenvalue weighted by Gasteiger charge is 2.23. The molecule has 0 aliphatic carbocycles. The van der Waals surface area contributed by atoms with E-state index in [0.29, 0.717) is 5.02 Å². The summed E-state index contributed by atoms with van der Waals surface area (Å²) in [6, 6.07) is 15.1. The molecule has 0 heterocycles. The Morgan fingerprint density at radius 3 is 2.45 bits per heavy atom. The third-order valence-corrected chi connectivity index (χ3v) is 4.50. The van der Waals surface area contributed by atoms with Gasteiger partial charge in [-0.15, -0.1) is 0 Å². The van der Waals surface area contributed by atoms with Gasteiger partial charge in [0.2, 0.25) is 5.91 Å². The lowest BCUT2D eigenvalue weighted by Gasteiger charge is -2.18. The molecular weight excluding hydrogens is 424 g/mol. The number of benzene rings is 2. The highest BCUT2D eigenvalue weighted by molar-refractivity contribution is 6.30. The van der Waals surface area contributed by atoms with Crippen molar-refractivity contribution in [3.63, 3.8) is 0 Å². The number of esters is 1. The van der Waals surface area contributed by atoms with Crippen LogP contribution in [0.5, 0.6) is 0 Å². The quantitative estimate of drug-likeness (QED) is 0.480. The minimum absolute atomic E-state index is 0.0908. The second-order valence-corrected chi connectivity index (χ2v) is 7.21. The minimum Gasteiger partial charge on any atom is -0.467 e. The minimum atomic E-state index is -1.16. The first-order chi connectivity index (χ1) is 14.9. The van der Waals surface area contributed by atoms with Gasteiger partial charge < -0.3 is 25.2 Å². The van der Waals surface area contributed by atoms with Crippen molar-refractivity contribution in [2.75, 3.05) is 13.7 Å². The number of hydrogen-bond acceptors (Lipinski definition) is 6. The number of carbonyl (C=O) groups is 3. The van der Waals surface area contributed by atoms with E-state index in [9.17, 15) is 19.5 Å². The first kappa shape index (κ1) is 24.2. The Balaban J connectivity index is 1.77. The smallest absolute Gasteiger partial charge is 0.407 e. The number of aliphatic hydroxyl groups excluding tert-OH is 1. The summed E-state index contributed by atoms with van der Waals surface area (Å²) in [6.45, 7) is -0.0915. The van der Waals surface area contributed by atoms with E-state index in [0.717, 1.165) is 11.1 Å².